The molecule has 5 heterocycles. The summed E-state index contributed by atoms with van der Waals surface area (Å²) >= 11 is 1.87. The lowest BCUT2D eigenvalue weighted by atomic mass is 9.33. The van der Waals surface area contributed by atoms with E-state index < -0.39 is 17.5 Å². The van der Waals surface area contributed by atoms with Gasteiger partial charge < -0.3 is 19.4 Å². The van der Waals surface area contributed by atoms with Crippen LogP contribution in [-0.4, -0.2) is 6.71 Å². The van der Waals surface area contributed by atoms with Gasteiger partial charge in [-0.25, -0.2) is 0 Å². The van der Waals surface area contributed by atoms with E-state index in [-0.39, 0.29) is 0 Å². The van der Waals surface area contributed by atoms with E-state index in [1.54, 1.807) is 0 Å². The summed E-state index contributed by atoms with van der Waals surface area (Å²) < 4.78 is 10.3. The highest BCUT2D eigenvalue weighted by Gasteiger charge is 2.56. The van der Waals surface area contributed by atoms with Crippen molar-refractivity contribution in [1.82, 2.24) is 0 Å². The molecule has 18 aromatic carbocycles. The van der Waals surface area contributed by atoms with Gasteiger partial charge in [0.05, 0.1) is 33.6 Å². The summed E-state index contributed by atoms with van der Waals surface area (Å²) in [6, 6.07) is 156. The van der Waals surface area contributed by atoms with Gasteiger partial charge in [-0.15, -0.1) is 11.3 Å². The number of hydrogen-bond acceptors (Lipinski definition) is 5. The molecular weight excluding hydrogens is 1420 g/mol. The van der Waals surface area contributed by atoms with Crippen molar-refractivity contribution in [2.24, 2.45) is 0 Å². The summed E-state index contributed by atoms with van der Waals surface area (Å²) in [5.41, 5.74) is 37.4. The quantitative estimate of drug-likeness (QED) is 0.141. The fourth-order valence-corrected chi connectivity index (χ4v) is 22.3. The third-order valence-corrected chi connectivity index (χ3v) is 27.0. The van der Waals surface area contributed by atoms with E-state index in [4.69, 9.17) is 4.74 Å². The van der Waals surface area contributed by atoms with Gasteiger partial charge in [-0.3, -0.25) is 0 Å². The second-order valence-corrected chi connectivity index (χ2v) is 32.7. The molecule has 0 atom stereocenters. The van der Waals surface area contributed by atoms with Crippen LogP contribution in [0.1, 0.15) is 44.5 Å². The summed E-state index contributed by atoms with van der Waals surface area (Å²) in [5.74, 6) is 1.67. The first-order valence-corrected chi connectivity index (χ1v) is 41.0. The number of thiophene rings is 1. The van der Waals surface area contributed by atoms with Gasteiger partial charge >= 0.3 is 0 Å². The molecule has 538 valence electrons. The van der Waals surface area contributed by atoms with Crippen LogP contribution in [0.2, 0.25) is 0 Å². The predicted octanol–water partition coefficient (Wildman–Crippen LogP) is 27.1. The smallest absolute Gasteiger partial charge is 0.252 e. The van der Waals surface area contributed by atoms with Gasteiger partial charge in [0.25, 0.3) is 6.71 Å². The molecule has 4 nitrogen and oxygen atoms in total. The van der Waals surface area contributed by atoms with Crippen molar-refractivity contribution in [3.63, 3.8) is 0 Å². The Bertz CT molecular complexity index is 7230. The molecule has 0 amide bonds. The number of hydrogen-bond donors (Lipinski definition) is 0. The Kier molecular flexibility index (Phi) is 14.0. The zero-order valence-corrected chi connectivity index (χ0v) is 63.8. The third kappa shape index (κ3) is 9.10. The Morgan fingerprint density at radius 2 is 0.629 bits per heavy atom. The van der Waals surface area contributed by atoms with Crippen LogP contribution in [-0.2, 0) is 10.8 Å². The molecule has 0 N–H and O–H groups in total. The average Bonchev–Trinajstić information content (AvgIpc) is 1.26. The number of benzene rings is 18. The molecule has 4 aliphatic heterocycles. The zero-order chi connectivity index (χ0) is 75.9. The molecule has 0 bridgehead atoms. The molecule has 6 aliphatic rings. The van der Waals surface area contributed by atoms with E-state index in [9.17, 15) is 0 Å². The largest absolute Gasteiger partial charge is 0.457 e. The topological polar surface area (TPSA) is 19.0 Å². The van der Waals surface area contributed by atoms with Gasteiger partial charge in [0, 0.05) is 70.9 Å². The molecule has 0 saturated heterocycles. The third-order valence-electron chi connectivity index (χ3n) is 25.9. The van der Waals surface area contributed by atoms with Crippen LogP contribution < -0.4 is 35.8 Å². The average molecular weight is 1490 g/mol. The summed E-state index contributed by atoms with van der Waals surface area (Å²) in [6.45, 7) is -0.434. The van der Waals surface area contributed by atoms with Gasteiger partial charge in [0.15, 0.2) is 0 Å². The second-order valence-electron chi connectivity index (χ2n) is 31.6. The zero-order valence-electron chi connectivity index (χ0n) is 63.0. The van der Waals surface area contributed by atoms with Crippen molar-refractivity contribution in [3.05, 3.63) is 457 Å². The molecule has 25 rings (SSSR count). The van der Waals surface area contributed by atoms with E-state index in [1.807, 2.05) is 11.3 Å². The number of ether oxygens (including phenoxy) is 1. The highest BCUT2D eigenvalue weighted by atomic mass is 32.1. The monoisotopic (exact) mass is 1490 g/mol. The van der Waals surface area contributed by atoms with Crippen LogP contribution in [0.4, 0.5) is 51.2 Å². The summed E-state index contributed by atoms with van der Waals surface area (Å²) in [7, 11) is 0. The van der Waals surface area contributed by atoms with Crippen LogP contribution in [0.25, 0.3) is 98.1 Å². The highest BCUT2D eigenvalue weighted by molar-refractivity contribution is 7.25. The minimum atomic E-state index is -0.803. The van der Waals surface area contributed by atoms with E-state index in [1.165, 1.54) is 86.7 Å². The van der Waals surface area contributed by atoms with Crippen LogP contribution in [0, 0.1) is 0 Å². The van der Waals surface area contributed by atoms with Crippen molar-refractivity contribution >= 4 is 106 Å². The van der Waals surface area contributed by atoms with Crippen molar-refractivity contribution in [3.8, 4) is 89.4 Å². The number of nitrogens with zero attached hydrogens (tertiary/aromatic N) is 3. The number of para-hydroxylation sites is 3. The maximum Gasteiger partial charge on any atom is 0.252 e. The van der Waals surface area contributed by atoms with Crippen LogP contribution >= 0.6 is 11.3 Å². The Balaban J connectivity index is 0.888. The minimum Gasteiger partial charge on any atom is -0.457 e. The predicted molar refractivity (Wildman–Crippen MR) is 483 cm³/mol. The van der Waals surface area contributed by atoms with Gasteiger partial charge in [-0.2, -0.15) is 0 Å². The Hall–Kier alpha value is -14.6. The maximum atomic E-state index is 7.83. The van der Waals surface area contributed by atoms with E-state index in [0.717, 1.165) is 135 Å². The van der Waals surface area contributed by atoms with E-state index >= 15 is 0 Å². The fraction of sp³-hybridized carbons (Fsp3) is 0.0182. The fourth-order valence-electron chi connectivity index (χ4n) is 21.2. The number of fused-ring (bicyclic) bond motifs is 25. The summed E-state index contributed by atoms with van der Waals surface area (Å²) in [6.07, 6.45) is 0. The van der Waals surface area contributed by atoms with Gasteiger partial charge in [0.1, 0.15) is 11.5 Å². The summed E-state index contributed by atoms with van der Waals surface area (Å²) in [5, 5.41) is 2.53. The minimum absolute atomic E-state index is 0.434. The Morgan fingerprint density at radius 1 is 0.216 bits per heavy atom. The van der Waals surface area contributed by atoms with E-state index in [0.29, 0.717) is 0 Å². The first kappa shape index (κ1) is 65.0. The summed E-state index contributed by atoms with van der Waals surface area (Å²) in [4.78, 5) is 8.02. The maximum absolute atomic E-state index is 7.83. The Labute approximate surface area is 677 Å². The van der Waals surface area contributed by atoms with Crippen LogP contribution in [0.3, 0.4) is 0 Å². The first-order valence-electron chi connectivity index (χ1n) is 40.2. The molecule has 6 heteroatoms. The molecular formula is C110H68BN3OS. The van der Waals surface area contributed by atoms with Crippen molar-refractivity contribution < 1.29 is 4.74 Å². The molecule has 2 spiro atoms. The molecule has 0 unspecified atom stereocenters. The molecule has 2 aliphatic carbocycles. The molecule has 116 heavy (non-hydrogen) atoms. The molecule has 0 fully saturated rings. The highest BCUT2D eigenvalue weighted by Crippen LogP contribution is 2.67. The van der Waals surface area contributed by atoms with Gasteiger partial charge in [0.2, 0.25) is 0 Å². The second kappa shape index (κ2) is 25.0. The SMILES string of the molecule is c1ccc(-c2ccc(-c3ccccc3)c(N3c4cc5c(cc4B4c6cc7c(cc6N(c6cc(-c8ccccc8)ccc6-c6ccccc6)c6cc(-c8ccc9c(c8)sc8ccccc89)cc3c64)C3(c4ccccc4-c4ccccc43)c3ccccc3N7c3ccccc3)Oc3ccccc3C53c4ccccc4-c4ccccc43)c2)cc1. The van der Waals surface area contributed by atoms with Gasteiger partial charge in [-0.05, 0) is 201 Å². The lowest BCUT2D eigenvalue weighted by Gasteiger charge is -2.49. The van der Waals surface area contributed by atoms with Crippen LogP contribution in [0.5, 0.6) is 11.5 Å². The lowest BCUT2D eigenvalue weighted by molar-refractivity contribution is 0.437. The molecule has 1 aromatic heterocycles. The Morgan fingerprint density at radius 3 is 1.19 bits per heavy atom. The molecule has 0 saturated carbocycles. The van der Waals surface area contributed by atoms with Crippen molar-refractivity contribution in [2.45, 2.75) is 10.8 Å². The normalized spacial score (nSPS) is 14.0. The number of rotatable bonds is 8. The standard InChI is InChI=1S/C110H68BN3OS/c1-6-30-69(31-7-1)73-54-57-78(71-34-10-3-11-35-71)97(60-73)113-100-65-92-99(112(77-38-14-5-15-39-77)96-51-27-25-49-90(96)109(92)86-45-21-16-40-80(86)81-41-17-22-46-87(81)109)67-94(100)111-95-68-105-93(110(91-50-26-28-52-104(91)115-105)88-47-23-18-42-82(88)83-43-19-24-48-89(83)110)66-101(95)114(98-61-74(70-32-8-2-9-33-70)55-58-79(98)72-36-12-4-13-37-72)103-63-76(62-102(113)108(103)111)75-56-59-85-84-44-20-29-53-106(84)116-107(85)64-75/h1-68H. The van der Waals surface area contributed by atoms with Crippen molar-refractivity contribution in [1.29, 1.82) is 0 Å². The van der Waals surface area contributed by atoms with Gasteiger partial charge in [-0.1, -0.05) is 328 Å². The molecule has 19 aromatic rings. The number of anilines is 9. The lowest BCUT2D eigenvalue weighted by Crippen LogP contribution is -2.62. The van der Waals surface area contributed by atoms with E-state index in [2.05, 4.69) is 427 Å². The molecule has 0 radical (unpaired) electrons. The van der Waals surface area contributed by atoms with Crippen LogP contribution in [0.15, 0.2) is 413 Å². The van der Waals surface area contributed by atoms with Crippen molar-refractivity contribution in [2.75, 3.05) is 14.7 Å². The first-order chi connectivity index (χ1) is 57.5.